The first-order valence-corrected chi connectivity index (χ1v) is 9.13. The minimum Gasteiger partial charge on any atom is -0.236 e. The topological polar surface area (TPSA) is 17.6 Å². The zero-order chi connectivity index (χ0) is 17.6. The summed E-state index contributed by atoms with van der Waals surface area (Å²) in [7, 11) is 0. The number of unbranched alkanes of at least 4 members (excludes halogenated alkanes) is 1. The van der Waals surface area contributed by atoms with Gasteiger partial charge in [0.15, 0.2) is 0 Å². The summed E-state index contributed by atoms with van der Waals surface area (Å²) >= 11 is 0. The molecule has 0 amide bonds. The van der Waals surface area contributed by atoms with Gasteiger partial charge in [0.1, 0.15) is 36.2 Å². The molecule has 0 saturated carbocycles. The van der Waals surface area contributed by atoms with E-state index < -0.39 is 0 Å². The van der Waals surface area contributed by atoms with E-state index in [9.17, 15) is 0 Å². The van der Waals surface area contributed by atoms with Crippen LogP contribution in [0.15, 0.2) is 98.1 Å². The quantitative estimate of drug-likeness (QED) is 0.362. The fourth-order valence-electron chi connectivity index (χ4n) is 3.15. The maximum atomic E-state index is 2.26. The molecule has 26 heavy (non-hydrogen) atoms. The Bertz CT molecular complexity index is 859. The van der Waals surface area contributed by atoms with E-state index in [2.05, 4.69) is 104 Å². The second kappa shape index (κ2) is 7.83. The summed E-state index contributed by atoms with van der Waals surface area (Å²) < 4.78 is 8.84. The van der Waals surface area contributed by atoms with Gasteiger partial charge >= 0.3 is 0 Å². The molecule has 0 aliphatic carbocycles. The summed E-state index contributed by atoms with van der Waals surface area (Å²) in [6, 6.07) is 20.9. The lowest BCUT2D eigenvalue weighted by atomic mass is 10.3. The van der Waals surface area contributed by atoms with E-state index in [0.717, 1.165) is 25.9 Å². The first kappa shape index (κ1) is 16.3. The van der Waals surface area contributed by atoms with Crippen molar-refractivity contribution < 1.29 is 9.13 Å². The molecule has 4 heteroatoms. The minimum absolute atomic E-state index is 1.04. The molecule has 4 rings (SSSR count). The number of para-hydroxylation sites is 2. The molecule has 2 aromatic carbocycles. The van der Waals surface area contributed by atoms with E-state index in [1.807, 2.05) is 12.1 Å². The van der Waals surface area contributed by atoms with Gasteiger partial charge in [-0.05, 0) is 37.1 Å². The van der Waals surface area contributed by atoms with Crippen LogP contribution in [0.2, 0.25) is 0 Å². The lowest BCUT2D eigenvalue weighted by molar-refractivity contribution is -0.707. The van der Waals surface area contributed by atoms with Crippen molar-refractivity contribution in [2.24, 2.45) is 0 Å². The van der Waals surface area contributed by atoms with E-state index in [-0.39, 0.29) is 0 Å². The largest absolute Gasteiger partial charge is 0.248 e. The highest BCUT2D eigenvalue weighted by Crippen LogP contribution is 2.06. The molecule has 0 fully saturated rings. The minimum atomic E-state index is 1.04. The number of hydrogen-bond donors (Lipinski definition) is 0. The van der Waals surface area contributed by atoms with Crippen LogP contribution in [0.25, 0.3) is 11.4 Å². The molecule has 0 atom stereocenters. The third kappa shape index (κ3) is 3.91. The molecule has 0 bridgehead atoms. The Morgan fingerprint density at radius 2 is 1.00 bits per heavy atom. The van der Waals surface area contributed by atoms with Gasteiger partial charge in [-0.3, -0.25) is 0 Å². The van der Waals surface area contributed by atoms with Gasteiger partial charge in [-0.15, -0.1) is 0 Å². The Morgan fingerprint density at radius 3 is 1.42 bits per heavy atom. The maximum absolute atomic E-state index is 2.26. The van der Waals surface area contributed by atoms with Gasteiger partial charge in [-0.1, -0.05) is 36.4 Å². The van der Waals surface area contributed by atoms with E-state index in [1.54, 1.807) is 0 Å². The summed E-state index contributed by atoms with van der Waals surface area (Å²) in [5, 5.41) is 0. The zero-order valence-corrected chi connectivity index (χ0v) is 14.9. The number of aryl methyl sites for hydroxylation is 2. The fraction of sp³-hybridized carbons (Fsp3) is 0.182. The SMILES string of the molecule is c1ccc(-n2cc[n+](CCCC[n+]3ccn(-c4ccccc4)c3)c2)cc1. The van der Waals surface area contributed by atoms with Gasteiger partial charge in [-0.25, -0.2) is 18.3 Å². The predicted molar refractivity (Wildman–Crippen MR) is 101 cm³/mol. The highest BCUT2D eigenvalue weighted by molar-refractivity contribution is 5.30. The second-order valence-corrected chi connectivity index (χ2v) is 6.50. The van der Waals surface area contributed by atoms with Crippen LogP contribution in [0.4, 0.5) is 0 Å². The highest BCUT2D eigenvalue weighted by Gasteiger charge is 2.08. The van der Waals surface area contributed by atoms with E-state index in [0.29, 0.717) is 0 Å². The van der Waals surface area contributed by atoms with Gasteiger partial charge in [0.25, 0.3) is 0 Å². The standard InChI is InChI=1S/C22H24N4/c1-3-9-21(10-4-1)25-17-15-23(19-25)13-7-8-14-24-16-18-26(20-24)22-11-5-2-6-12-22/h1-6,9-12,15-20H,7-8,13-14H2/q+2. The summed E-state index contributed by atoms with van der Waals surface area (Å²) in [5.74, 6) is 0. The van der Waals surface area contributed by atoms with Crippen molar-refractivity contribution in [2.75, 3.05) is 0 Å². The zero-order valence-electron chi connectivity index (χ0n) is 14.9. The molecular weight excluding hydrogens is 320 g/mol. The molecular formula is C22H24N4+2. The number of imidazole rings is 2. The van der Waals surface area contributed by atoms with Crippen LogP contribution in [0.3, 0.4) is 0 Å². The van der Waals surface area contributed by atoms with Crippen LogP contribution in [-0.4, -0.2) is 9.13 Å². The van der Waals surface area contributed by atoms with E-state index >= 15 is 0 Å². The Morgan fingerprint density at radius 1 is 0.577 bits per heavy atom. The first-order valence-electron chi connectivity index (χ1n) is 9.13. The Kier molecular flexibility index (Phi) is 4.92. The van der Waals surface area contributed by atoms with Crippen LogP contribution < -0.4 is 9.13 Å². The van der Waals surface area contributed by atoms with Gasteiger partial charge in [-0.2, -0.15) is 0 Å². The molecule has 4 aromatic rings. The van der Waals surface area contributed by atoms with Crippen molar-refractivity contribution in [2.45, 2.75) is 25.9 Å². The summed E-state index contributed by atoms with van der Waals surface area (Å²) in [5.41, 5.74) is 2.40. The second-order valence-electron chi connectivity index (χ2n) is 6.50. The van der Waals surface area contributed by atoms with Gasteiger partial charge in [0.2, 0.25) is 12.7 Å². The monoisotopic (exact) mass is 344 g/mol. The molecule has 0 aliphatic heterocycles. The third-order valence-corrected chi connectivity index (χ3v) is 4.57. The Labute approximate surface area is 154 Å². The summed E-state index contributed by atoms with van der Waals surface area (Å²) in [6.07, 6.45) is 15.2. The normalized spacial score (nSPS) is 10.9. The lowest BCUT2D eigenvalue weighted by Gasteiger charge is -1.98. The molecule has 0 radical (unpaired) electrons. The highest BCUT2D eigenvalue weighted by atomic mass is 15.1. The Balaban J connectivity index is 1.27. The van der Waals surface area contributed by atoms with Crippen LogP contribution >= 0.6 is 0 Å². The Hall–Kier alpha value is -3.14. The third-order valence-electron chi connectivity index (χ3n) is 4.57. The summed E-state index contributed by atoms with van der Waals surface area (Å²) in [4.78, 5) is 0. The van der Waals surface area contributed by atoms with Crippen LogP contribution in [0, 0.1) is 0 Å². The van der Waals surface area contributed by atoms with Crippen LogP contribution in [0.5, 0.6) is 0 Å². The number of benzene rings is 2. The molecule has 2 heterocycles. The number of hydrogen-bond acceptors (Lipinski definition) is 0. The van der Waals surface area contributed by atoms with Crippen molar-refractivity contribution in [3.63, 3.8) is 0 Å². The van der Waals surface area contributed by atoms with Crippen molar-refractivity contribution in [3.05, 3.63) is 98.1 Å². The van der Waals surface area contributed by atoms with Crippen molar-refractivity contribution in [1.82, 2.24) is 9.13 Å². The lowest BCUT2D eigenvalue weighted by Crippen LogP contribution is -2.34. The van der Waals surface area contributed by atoms with Crippen molar-refractivity contribution in [3.8, 4) is 11.4 Å². The molecule has 0 saturated heterocycles. The van der Waals surface area contributed by atoms with Gasteiger partial charge < -0.3 is 0 Å². The smallest absolute Gasteiger partial charge is 0.236 e. The number of aromatic nitrogens is 4. The molecule has 0 spiro atoms. The van der Waals surface area contributed by atoms with Gasteiger partial charge in [0.05, 0.1) is 13.1 Å². The first-order chi connectivity index (χ1) is 12.9. The molecule has 4 nitrogen and oxygen atoms in total. The molecule has 0 N–H and O–H groups in total. The van der Waals surface area contributed by atoms with Crippen LogP contribution in [-0.2, 0) is 13.1 Å². The fourth-order valence-corrected chi connectivity index (χ4v) is 3.15. The van der Waals surface area contributed by atoms with Crippen LogP contribution in [0.1, 0.15) is 12.8 Å². The average molecular weight is 344 g/mol. The number of rotatable bonds is 7. The molecule has 130 valence electrons. The average Bonchev–Trinajstić information content (AvgIpc) is 3.37. The van der Waals surface area contributed by atoms with E-state index in [1.165, 1.54) is 11.4 Å². The van der Waals surface area contributed by atoms with Crippen molar-refractivity contribution in [1.29, 1.82) is 0 Å². The predicted octanol–water partition coefficient (Wildman–Crippen LogP) is 3.32. The summed E-state index contributed by atoms with van der Waals surface area (Å²) in [6.45, 7) is 2.08. The maximum Gasteiger partial charge on any atom is 0.248 e. The molecule has 2 aromatic heterocycles. The van der Waals surface area contributed by atoms with E-state index in [4.69, 9.17) is 0 Å². The van der Waals surface area contributed by atoms with Crippen molar-refractivity contribution >= 4 is 0 Å². The number of nitrogens with zero attached hydrogens (tertiary/aromatic N) is 4. The molecule has 0 aliphatic rings. The van der Waals surface area contributed by atoms with Gasteiger partial charge in [0, 0.05) is 0 Å². The molecule has 0 unspecified atom stereocenters.